The Bertz CT molecular complexity index is 247. The van der Waals surface area contributed by atoms with Crippen molar-refractivity contribution in [1.82, 2.24) is 5.32 Å². The highest BCUT2D eigenvalue weighted by atomic mass is 16.5. The van der Waals surface area contributed by atoms with Crippen LogP contribution in [0.3, 0.4) is 0 Å². The summed E-state index contributed by atoms with van der Waals surface area (Å²) in [5.74, 6) is 0.578. The summed E-state index contributed by atoms with van der Waals surface area (Å²) >= 11 is 0. The minimum Gasteiger partial charge on any atom is -0.394 e. The second-order valence-corrected chi connectivity index (χ2v) is 6.65. The molecule has 21 heavy (non-hydrogen) atoms. The maximum Gasteiger partial charge on any atom is 0.0616 e. The van der Waals surface area contributed by atoms with Crippen LogP contribution in [0.2, 0.25) is 0 Å². The van der Waals surface area contributed by atoms with Gasteiger partial charge >= 0.3 is 0 Å². The zero-order valence-corrected chi connectivity index (χ0v) is 14.3. The molecule has 2 unspecified atom stereocenters. The molecule has 0 bridgehead atoms. The Morgan fingerprint density at radius 2 is 1.90 bits per heavy atom. The Balaban J connectivity index is 2.14. The lowest BCUT2D eigenvalue weighted by atomic mass is 9.85. The van der Waals surface area contributed by atoms with E-state index in [1.54, 1.807) is 0 Å². The lowest BCUT2D eigenvalue weighted by Gasteiger charge is -2.35. The van der Waals surface area contributed by atoms with Crippen LogP contribution in [0.1, 0.15) is 78.1 Å². The van der Waals surface area contributed by atoms with Crippen molar-refractivity contribution in [3.8, 4) is 0 Å². The molecule has 3 heteroatoms. The number of ether oxygens (including phenoxy) is 1. The highest BCUT2D eigenvalue weighted by Crippen LogP contribution is 2.37. The third-order valence-electron chi connectivity index (χ3n) is 4.97. The fourth-order valence-corrected chi connectivity index (χ4v) is 3.57. The monoisotopic (exact) mass is 299 g/mol. The average molecular weight is 299 g/mol. The third-order valence-corrected chi connectivity index (χ3v) is 4.97. The van der Waals surface area contributed by atoms with Gasteiger partial charge in [-0.15, -0.1) is 0 Å². The van der Waals surface area contributed by atoms with Crippen molar-refractivity contribution in [3.05, 3.63) is 0 Å². The molecule has 1 aliphatic carbocycles. The molecule has 0 aromatic heterocycles. The van der Waals surface area contributed by atoms with Crippen LogP contribution in [0.4, 0.5) is 0 Å². The molecular weight excluding hydrogens is 262 g/mol. The van der Waals surface area contributed by atoms with Gasteiger partial charge in [0, 0.05) is 18.8 Å². The first-order valence-corrected chi connectivity index (χ1v) is 9.22. The molecule has 2 N–H and O–H groups in total. The summed E-state index contributed by atoms with van der Waals surface area (Å²) in [5, 5.41) is 13.4. The van der Waals surface area contributed by atoms with Crippen LogP contribution in [0.5, 0.6) is 0 Å². The van der Waals surface area contributed by atoms with Crippen molar-refractivity contribution in [2.24, 2.45) is 5.92 Å². The van der Waals surface area contributed by atoms with Crippen molar-refractivity contribution in [1.29, 1.82) is 0 Å². The smallest absolute Gasteiger partial charge is 0.0616 e. The molecule has 2 atom stereocenters. The molecular formula is C18H37NO2. The number of aliphatic hydroxyl groups is 1. The van der Waals surface area contributed by atoms with Gasteiger partial charge < -0.3 is 15.2 Å². The molecule has 0 aromatic rings. The largest absolute Gasteiger partial charge is 0.394 e. The third kappa shape index (κ3) is 6.66. The Labute approximate surface area is 131 Å². The van der Waals surface area contributed by atoms with E-state index in [-0.39, 0.29) is 12.1 Å². The zero-order valence-electron chi connectivity index (χ0n) is 14.3. The highest BCUT2D eigenvalue weighted by Gasteiger charge is 2.41. The standard InChI is InChI=1S/C18H37NO2/c1-3-5-6-7-8-14-21-15-11-17-10-9-12-18(17,16-20)19-13-4-2/h17,19-20H,3-16H2,1-2H3. The van der Waals surface area contributed by atoms with Gasteiger partial charge in [0.1, 0.15) is 0 Å². The maximum atomic E-state index is 9.83. The first-order valence-electron chi connectivity index (χ1n) is 9.22. The van der Waals surface area contributed by atoms with E-state index in [9.17, 15) is 5.11 Å². The number of hydrogen-bond acceptors (Lipinski definition) is 3. The lowest BCUT2D eigenvalue weighted by Crippen LogP contribution is -2.51. The first kappa shape index (κ1) is 18.9. The minimum atomic E-state index is -0.0273. The van der Waals surface area contributed by atoms with Crippen LogP contribution in [0.25, 0.3) is 0 Å². The van der Waals surface area contributed by atoms with Crippen LogP contribution in [0.15, 0.2) is 0 Å². The fraction of sp³-hybridized carbons (Fsp3) is 1.00. The molecule has 126 valence electrons. The van der Waals surface area contributed by atoms with Gasteiger partial charge in [0.2, 0.25) is 0 Å². The summed E-state index contributed by atoms with van der Waals surface area (Å²) in [6.45, 7) is 7.48. The van der Waals surface area contributed by atoms with E-state index in [2.05, 4.69) is 19.2 Å². The summed E-state index contributed by atoms with van der Waals surface area (Å²) < 4.78 is 5.81. The van der Waals surface area contributed by atoms with E-state index in [0.29, 0.717) is 5.92 Å². The van der Waals surface area contributed by atoms with Crippen molar-refractivity contribution in [2.75, 3.05) is 26.4 Å². The number of aliphatic hydroxyl groups excluding tert-OH is 1. The van der Waals surface area contributed by atoms with Gasteiger partial charge in [-0.05, 0) is 44.6 Å². The van der Waals surface area contributed by atoms with Gasteiger partial charge in [0.15, 0.2) is 0 Å². The van der Waals surface area contributed by atoms with Crippen LogP contribution in [0, 0.1) is 5.92 Å². The summed E-state index contributed by atoms with van der Waals surface area (Å²) in [6, 6.07) is 0. The van der Waals surface area contributed by atoms with E-state index >= 15 is 0 Å². The van der Waals surface area contributed by atoms with E-state index < -0.39 is 0 Å². The first-order chi connectivity index (χ1) is 10.3. The SMILES string of the molecule is CCCCCCCOCCC1CCCC1(CO)NCCC. The van der Waals surface area contributed by atoms with Gasteiger partial charge in [-0.2, -0.15) is 0 Å². The summed E-state index contributed by atoms with van der Waals surface area (Å²) in [5.41, 5.74) is -0.0273. The summed E-state index contributed by atoms with van der Waals surface area (Å²) in [4.78, 5) is 0. The topological polar surface area (TPSA) is 41.5 Å². The summed E-state index contributed by atoms with van der Waals surface area (Å²) in [7, 11) is 0. The number of rotatable bonds is 13. The molecule has 3 nitrogen and oxygen atoms in total. The molecule has 0 heterocycles. The van der Waals surface area contributed by atoms with Crippen molar-refractivity contribution < 1.29 is 9.84 Å². The molecule has 1 rings (SSSR count). The van der Waals surface area contributed by atoms with Crippen LogP contribution in [-0.2, 0) is 4.74 Å². The molecule has 0 aliphatic heterocycles. The van der Waals surface area contributed by atoms with Gasteiger partial charge in [0.05, 0.1) is 6.61 Å². The van der Waals surface area contributed by atoms with E-state index in [4.69, 9.17) is 4.74 Å². The molecule has 0 radical (unpaired) electrons. The Morgan fingerprint density at radius 1 is 1.10 bits per heavy atom. The van der Waals surface area contributed by atoms with E-state index in [1.807, 2.05) is 0 Å². The quantitative estimate of drug-likeness (QED) is 0.507. The predicted octanol–water partition coefficient (Wildman–Crippen LogP) is 3.89. The average Bonchev–Trinajstić information content (AvgIpc) is 2.91. The Morgan fingerprint density at radius 3 is 2.62 bits per heavy atom. The zero-order chi connectivity index (χ0) is 15.4. The Kier molecular flexibility index (Phi) is 10.3. The van der Waals surface area contributed by atoms with Crippen molar-refractivity contribution in [2.45, 2.75) is 83.6 Å². The minimum absolute atomic E-state index is 0.0273. The van der Waals surface area contributed by atoms with Crippen LogP contribution < -0.4 is 5.32 Å². The Hall–Kier alpha value is -0.120. The summed E-state index contributed by atoms with van der Waals surface area (Å²) in [6.07, 6.45) is 12.3. The molecule has 0 amide bonds. The number of unbranched alkanes of at least 4 members (excludes halogenated alkanes) is 4. The van der Waals surface area contributed by atoms with Crippen LogP contribution >= 0.6 is 0 Å². The number of hydrogen-bond donors (Lipinski definition) is 2. The fourth-order valence-electron chi connectivity index (χ4n) is 3.57. The van der Waals surface area contributed by atoms with Gasteiger partial charge in [-0.1, -0.05) is 46.0 Å². The van der Waals surface area contributed by atoms with Gasteiger partial charge in [0.25, 0.3) is 0 Å². The van der Waals surface area contributed by atoms with Crippen LogP contribution in [-0.4, -0.2) is 37.0 Å². The maximum absolute atomic E-state index is 9.83. The van der Waals surface area contributed by atoms with Gasteiger partial charge in [-0.3, -0.25) is 0 Å². The van der Waals surface area contributed by atoms with Gasteiger partial charge in [-0.25, -0.2) is 0 Å². The van der Waals surface area contributed by atoms with E-state index in [1.165, 1.54) is 44.9 Å². The molecule has 0 aromatic carbocycles. The second kappa shape index (κ2) is 11.4. The lowest BCUT2D eigenvalue weighted by molar-refractivity contribution is 0.0774. The molecule has 0 saturated heterocycles. The highest BCUT2D eigenvalue weighted by molar-refractivity contribution is 4.98. The predicted molar refractivity (Wildman–Crippen MR) is 89.6 cm³/mol. The van der Waals surface area contributed by atoms with Crippen molar-refractivity contribution >= 4 is 0 Å². The normalized spacial score (nSPS) is 25.6. The number of nitrogens with one attached hydrogen (secondary N) is 1. The second-order valence-electron chi connectivity index (χ2n) is 6.65. The molecule has 0 spiro atoms. The van der Waals surface area contributed by atoms with Crippen molar-refractivity contribution in [3.63, 3.8) is 0 Å². The molecule has 1 fully saturated rings. The molecule has 1 aliphatic rings. The molecule has 1 saturated carbocycles. The van der Waals surface area contributed by atoms with E-state index in [0.717, 1.165) is 39.0 Å².